The lowest BCUT2D eigenvalue weighted by Crippen LogP contribution is -2.42. The quantitative estimate of drug-likeness (QED) is 0.460. The van der Waals surface area contributed by atoms with Crippen molar-refractivity contribution < 1.29 is 24.2 Å². The summed E-state index contributed by atoms with van der Waals surface area (Å²) >= 11 is 0. The maximum absolute atomic E-state index is 12.4. The highest BCUT2D eigenvalue weighted by Gasteiger charge is 2.17. The van der Waals surface area contributed by atoms with Gasteiger partial charge in [0.1, 0.15) is 11.5 Å². The molecule has 0 atom stereocenters. The second kappa shape index (κ2) is 9.93. The Morgan fingerprint density at radius 1 is 1.06 bits per heavy atom. The highest BCUT2D eigenvalue weighted by molar-refractivity contribution is 6.01. The van der Waals surface area contributed by atoms with Gasteiger partial charge in [-0.3, -0.25) is 9.59 Å². The van der Waals surface area contributed by atoms with Crippen LogP contribution in [0, 0.1) is 0 Å². The lowest BCUT2D eigenvalue weighted by atomic mass is 10.1. The molecule has 2 N–H and O–H groups in total. The van der Waals surface area contributed by atoms with Crippen molar-refractivity contribution in [1.29, 1.82) is 0 Å². The number of ether oxygens (including phenoxy) is 2. The summed E-state index contributed by atoms with van der Waals surface area (Å²) in [5.74, 6) is -0.122. The van der Waals surface area contributed by atoms with Crippen molar-refractivity contribution in [3.05, 3.63) is 71.8 Å². The van der Waals surface area contributed by atoms with E-state index in [0.29, 0.717) is 32.1 Å². The number of nitrogens with zero attached hydrogens (tertiary/aromatic N) is 2. The summed E-state index contributed by atoms with van der Waals surface area (Å²) in [6, 6.07) is 17.6. The van der Waals surface area contributed by atoms with Crippen LogP contribution >= 0.6 is 0 Å². The molecule has 3 aromatic carbocycles. The summed E-state index contributed by atoms with van der Waals surface area (Å²) in [4.78, 5) is 26.2. The van der Waals surface area contributed by atoms with E-state index in [-0.39, 0.29) is 23.8 Å². The first-order valence-corrected chi connectivity index (χ1v) is 10.2. The maximum Gasteiger partial charge on any atom is 0.275 e. The highest BCUT2D eigenvalue weighted by atomic mass is 16.5. The molecule has 1 aliphatic rings. The summed E-state index contributed by atoms with van der Waals surface area (Å²) in [5, 5.41) is 15.8. The van der Waals surface area contributed by atoms with E-state index in [0.717, 1.165) is 16.3 Å². The second-order valence-corrected chi connectivity index (χ2v) is 7.27. The van der Waals surface area contributed by atoms with Gasteiger partial charge < -0.3 is 19.5 Å². The number of hydrogen-bond acceptors (Lipinski definition) is 6. The van der Waals surface area contributed by atoms with Crippen LogP contribution in [0.25, 0.3) is 10.8 Å². The SMILES string of the molecule is O=C(N/N=C/c1ccc(OCC(=O)N2CCOCC2)cc1)c1cc2ccccc2cc1O. The maximum atomic E-state index is 12.4. The van der Waals surface area contributed by atoms with Crippen LogP contribution in [0.4, 0.5) is 0 Å². The number of phenolic OH excluding ortho intramolecular Hbond substituents is 1. The van der Waals surface area contributed by atoms with Gasteiger partial charge in [0.25, 0.3) is 11.8 Å². The number of carbonyl (C=O) groups is 2. The Bertz CT molecular complexity index is 1140. The average molecular weight is 433 g/mol. The minimum Gasteiger partial charge on any atom is -0.507 e. The van der Waals surface area contributed by atoms with Crippen LogP contribution in [0.5, 0.6) is 11.5 Å². The van der Waals surface area contributed by atoms with Gasteiger partial charge in [-0.05, 0) is 52.7 Å². The standard InChI is InChI=1S/C24H23N3O5/c28-22-14-19-4-2-1-3-18(19)13-21(22)24(30)26-25-15-17-5-7-20(8-6-17)32-16-23(29)27-9-11-31-12-10-27/h1-8,13-15,28H,9-12,16H2,(H,26,30)/b25-15+. The molecule has 0 aromatic heterocycles. The largest absolute Gasteiger partial charge is 0.507 e. The van der Waals surface area contributed by atoms with E-state index >= 15 is 0 Å². The number of morpholine rings is 1. The van der Waals surface area contributed by atoms with Crippen molar-refractivity contribution in [2.45, 2.75) is 0 Å². The molecule has 1 saturated heterocycles. The Morgan fingerprint density at radius 2 is 1.75 bits per heavy atom. The van der Waals surface area contributed by atoms with Gasteiger partial charge in [0.15, 0.2) is 6.61 Å². The van der Waals surface area contributed by atoms with E-state index in [1.165, 1.54) is 6.21 Å². The molecule has 3 aromatic rings. The van der Waals surface area contributed by atoms with Crippen LogP contribution in [0.3, 0.4) is 0 Å². The summed E-state index contributed by atoms with van der Waals surface area (Å²) in [7, 11) is 0. The average Bonchev–Trinajstić information content (AvgIpc) is 2.83. The molecule has 164 valence electrons. The Kier molecular flexibility index (Phi) is 6.62. The lowest BCUT2D eigenvalue weighted by Gasteiger charge is -2.26. The molecule has 4 rings (SSSR count). The number of nitrogens with one attached hydrogen (secondary N) is 1. The molecule has 8 nitrogen and oxygen atoms in total. The van der Waals surface area contributed by atoms with E-state index in [1.54, 1.807) is 41.3 Å². The molecule has 1 heterocycles. The molecule has 0 bridgehead atoms. The lowest BCUT2D eigenvalue weighted by molar-refractivity contribution is -0.137. The first kappa shape index (κ1) is 21.3. The summed E-state index contributed by atoms with van der Waals surface area (Å²) < 4.78 is 10.8. The molecular formula is C24H23N3O5. The molecule has 0 aliphatic carbocycles. The minimum atomic E-state index is -0.508. The van der Waals surface area contributed by atoms with Gasteiger partial charge in [0.2, 0.25) is 0 Å². The van der Waals surface area contributed by atoms with E-state index in [1.807, 2.05) is 24.3 Å². The number of amides is 2. The number of hydrogen-bond donors (Lipinski definition) is 2. The number of hydrazone groups is 1. The van der Waals surface area contributed by atoms with Gasteiger partial charge in [0, 0.05) is 13.1 Å². The van der Waals surface area contributed by atoms with Crippen LogP contribution in [-0.4, -0.2) is 60.9 Å². The van der Waals surface area contributed by atoms with Gasteiger partial charge in [0.05, 0.1) is 25.0 Å². The zero-order chi connectivity index (χ0) is 22.3. The van der Waals surface area contributed by atoms with Crippen molar-refractivity contribution in [2.75, 3.05) is 32.9 Å². The van der Waals surface area contributed by atoms with Crippen molar-refractivity contribution >= 4 is 28.8 Å². The van der Waals surface area contributed by atoms with Crippen molar-refractivity contribution in [3.63, 3.8) is 0 Å². The van der Waals surface area contributed by atoms with E-state index in [2.05, 4.69) is 10.5 Å². The zero-order valence-electron chi connectivity index (χ0n) is 17.4. The van der Waals surface area contributed by atoms with Crippen LogP contribution in [0.1, 0.15) is 15.9 Å². The van der Waals surface area contributed by atoms with Gasteiger partial charge in [-0.1, -0.05) is 24.3 Å². The first-order valence-electron chi connectivity index (χ1n) is 10.2. The predicted molar refractivity (Wildman–Crippen MR) is 120 cm³/mol. The molecule has 1 aliphatic heterocycles. The Hall–Kier alpha value is -3.91. The third kappa shape index (κ3) is 5.22. The molecule has 2 amide bonds. The molecular weight excluding hydrogens is 410 g/mol. The first-order chi connectivity index (χ1) is 15.6. The molecule has 0 radical (unpaired) electrons. The Morgan fingerprint density at radius 3 is 2.47 bits per heavy atom. The van der Waals surface area contributed by atoms with Gasteiger partial charge in [-0.15, -0.1) is 0 Å². The summed E-state index contributed by atoms with van der Waals surface area (Å²) in [6.07, 6.45) is 1.48. The summed E-state index contributed by atoms with van der Waals surface area (Å²) in [6.45, 7) is 2.24. The van der Waals surface area contributed by atoms with Crippen LogP contribution in [-0.2, 0) is 9.53 Å². The monoisotopic (exact) mass is 433 g/mol. The van der Waals surface area contributed by atoms with Crippen LogP contribution < -0.4 is 10.2 Å². The molecule has 0 spiro atoms. The number of rotatable bonds is 6. The van der Waals surface area contributed by atoms with E-state index in [4.69, 9.17) is 9.47 Å². The van der Waals surface area contributed by atoms with Crippen molar-refractivity contribution in [3.8, 4) is 11.5 Å². The fourth-order valence-corrected chi connectivity index (χ4v) is 3.34. The van der Waals surface area contributed by atoms with Gasteiger partial charge >= 0.3 is 0 Å². The van der Waals surface area contributed by atoms with E-state index < -0.39 is 5.91 Å². The van der Waals surface area contributed by atoms with Crippen LogP contribution in [0.15, 0.2) is 65.8 Å². The number of aromatic hydroxyl groups is 1. The van der Waals surface area contributed by atoms with Gasteiger partial charge in [-0.2, -0.15) is 5.10 Å². The van der Waals surface area contributed by atoms with Crippen molar-refractivity contribution in [2.24, 2.45) is 5.10 Å². The fourth-order valence-electron chi connectivity index (χ4n) is 3.34. The molecule has 0 saturated carbocycles. The molecule has 0 unspecified atom stereocenters. The fraction of sp³-hybridized carbons (Fsp3) is 0.208. The second-order valence-electron chi connectivity index (χ2n) is 7.27. The molecule has 32 heavy (non-hydrogen) atoms. The zero-order valence-corrected chi connectivity index (χ0v) is 17.4. The number of benzene rings is 3. The smallest absolute Gasteiger partial charge is 0.275 e. The van der Waals surface area contributed by atoms with Gasteiger partial charge in [-0.25, -0.2) is 5.43 Å². The predicted octanol–water partition coefficient (Wildman–Crippen LogP) is 2.55. The normalized spacial score (nSPS) is 13.9. The molecule has 1 fully saturated rings. The van der Waals surface area contributed by atoms with Crippen LogP contribution in [0.2, 0.25) is 0 Å². The minimum absolute atomic E-state index is 0.0290. The number of fused-ring (bicyclic) bond motifs is 1. The molecule has 8 heteroatoms. The Balaban J connectivity index is 1.30. The highest BCUT2D eigenvalue weighted by Crippen LogP contribution is 2.24. The summed E-state index contributed by atoms with van der Waals surface area (Å²) in [5.41, 5.74) is 3.31. The van der Waals surface area contributed by atoms with E-state index in [9.17, 15) is 14.7 Å². The third-order valence-corrected chi connectivity index (χ3v) is 5.09. The Labute approximate surface area is 185 Å². The topological polar surface area (TPSA) is 100 Å². The number of phenols is 1. The van der Waals surface area contributed by atoms with Crippen molar-refractivity contribution in [1.82, 2.24) is 10.3 Å². The number of carbonyl (C=O) groups excluding carboxylic acids is 2. The third-order valence-electron chi connectivity index (χ3n) is 5.09.